The van der Waals surface area contributed by atoms with Crippen molar-refractivity contribution in [2.75, 3.05) is 6.54 Å². The SMILES string of the molecule is CCCCn1c(CN(CCC(C)C)Cc2ccc(OC(F)F)cc2)cnc1-c1cccc(F)c1. The van der Waals surface area contributed by atoms with Crippen molar-refractivity contribution in [1.29, 1.82) is 0 Å². The molecule has 4 nitrogen and oxygen atoms in total. The van der Waals surface area contributed by atoms with Crippen molar-refractivity contribution in [3.8, 4) is 17.1 Å². The normalized spacial score (nSPS) is 11.7. The molecule has 0 aliphatic rings. The molecule has 3 rings (SSSR count). The van der Waals surface area contributed by atoms with Gasteiger partial charge in [-0.25, -0.2) is 9.37 Å². The van der Waals surface area contributed by atoms with Gasteiger partial charge in [-0.1, -0.05) is 51.5 Å². The van der Waals surface area contributed by atoms with E-state index in [4.69, 9.17) is 0 Å². The third kappa shape index (κ3) is 7.62. The van der Waals surface area contributed by atoms with E-state index in [1.54, 1.807) is 18.2 Å². The molecule has 0 spiro atoms. The summed E-state index contributed by atoms with van der Waals surface area (Å²) in [7, 11) is 0. The van der Waals surface area contributed by atoms with Gasteiger partial charge in [0.1, 0.15) is 17.4 Å². The molecule has 0 saturated heterocycles. The third-order valence-corrected chi connectivity index (χ3v) is 5.72. The summed E-state index contributed by atoms with van der Waals surface area (Å²) in [5.41, 5.74) is 2.87. The molecule has 184 valence electrons. The predicted octanol–water partition coefficient (Wildman–Crippen LogP) is 7.14. The number of benzene rings is 2. The van der Waals surface area contributed by atoms with Crippen LogP contribution in [0.1, 0.15) is 51.3 Å². The van der Waals surface area contributed by atoms with Crippen LogP contribution in [0.15, 0.2) is 54.7 Å². The summed E-state index contributed by atoms with van der Waals surface area (Å²) in [6, 6.07) is 13.4. The number of nitrogens with zero attached hydrogens (tertiary/aromatic N) is 3. The zero-order chi connectivity index (χ0) is 24.5. The number of halogens is 3. The van der Waals surface area contributed by atoms with Crippen molar-refractivity contribution in [3.63, 3.8) is 0 Å². The fraction of sp³-hybridized carbons (Fsp3) is 0.444. The molecule has 0 fully saturated rings. The summed E-state index contributed by atoms with van der Waals surface area (Å²) in [4.78, 5) is 7.00. The van der Waals surface area contributed by atoms with E-state index in [-0.39, 0.29) is 11.6 Å². The molecule has 7 heteroatoms. The van der Waals surface area contributed by atoms with Crippen LogP contribution in [0.2, 0.25) is 0 Å². The summed E-state index contributed by atoms with van der Waals surface area (Å²) in [5.74, 6) is 1.21. The first-order valence-electron chi connectivity index (χ1n) is 11.9. The number of rotatable bonds is 13. The zero-order valence-corrected chi connectivity index (χ0v) is 20.2. The zero-order valence-electron chi connectivity index (χ0n) is 20.2. The summed E-state index contributed by atoms with van der Waals surface area (Å²) in [6.07, 6.45) is 4.97. The van der Waals surface area contributed by atoms with Crippen molar-refractivity contribution >= 4 is 0 Å². The summed E-state index contributed by atoms with van der Waals surface area (Å²) in [6.45, 7) is 6.78. The summed E-state index contributed by atoms with van der Waals surface area (Å²) < 4.78 is 45.5. The summed E-state index contributed by atoms with van der Waals surface area (Å²) in [5, 5.41) is 0. The van der Waals surface area contributed by atoms with Crippen LogP contribution in [0.25, 0.3) is 11.4 Å². The highest BCUT2D eigenvalue weighted by molar-refractivity contribution is 5.56. The smallest absolute Gasteiger partial charge is 0.387 e. The fourth-order valence-electron chi connectivity index (χ4n) is 3.88. The molecule has 0 atom stereocenters. The van der Waals surface area contributed by atoms with Crippen LogP contribution < -0.4 is 4.74 Å². The van der Waals surface area contributed by atoms with Crippen molar-refractivity contribution in [1.82, 2.24) is 14.5 Å². The van der Waals surface area contributed by atoms with Gasteiger partial charge in [-0.15, -0.1) is 0 Å². The first kappa shape index (κ1) is 25.8. The van der Waals surface area contributed by atoms with Crippen molar-refractivity contribution in [2.24, 2.45) is 5.92 Å². The molecule has 0 aliphatic heterocycles. The molecule has 0 N–H and O–H groups in total. The van der Waals surface area contributed by atoms with Gasteiger partial charge in [-0.2, -0.15) is 8.78 Å². The minimum absolute atomic E-state index is 0.157. The van der Waals surface area contributed by atoms with Crippen molar-refractivity contribution in [3.05, 3.63) is 71.8 Å². The Morgan fingerprint density at radius 2 is 1.82 bits per heavy atom. The van der Waals surface area contributed by atoms with Gasteiger partial charge >= 0.3 is 6.61 Å². The first-order valence-corrected chi connectivity index (χ1v) is 11.9. The topological polar surface area (TPSA) is 30.3 Å². The van der Waals surface area contributed by atoms with Crippen LogP contribution in [0.5, 0.6) is 5.75 Å². The van der Waals surface area contributed by atoms with Gasteiger partial charge in [0.05, 0.1) is 11.9 Å². The molecule has 0 saturated carbocycles. The highest BCUT2D eigenvalue weighted by Crippen LogP contribution is 2.24. The monoisotopic (exact) mass is 473 g/mol. The Morgan fingerprint density at radius 1 is 1.06 bits per heavy atom. The Balaban J connectivity index is 1.83. The Bertz CT molecular complexity index is 1020. The molecule has 2 aromatic carbocycles. The molecule has 0 aliphatic carbocycles. The molecule has 0 bridgehead atoms. The van der Waals surface area contributed by atoms with Crippen molar-refractivity contribution < 1.29 is 17.9 Å². The second-order valence-electron chi connectivity index (χ2n) is 9.00. The van der Waals surface area contributed by atoms with Gasteiger partial charge in [0.15, 0.2) is 0 Å². The van der Waals surface area contributed by atoms with Crippen LogP contribution in [0.4, 0.5) is 13.2 Å². The van der Waals surface area contributed by atoms with Crippen molar-refractivity contribution in [2.45, 2.75) is 66.3 Å². The van der Waals surface area contributed by atoms with Crippen LogP contribution in [-0.4, -0.2) is 27.6 Å². The minimum atomic E-state index is -2.83. The standard InChI is InChI=1S/C27H34F3N3O/c1-4-5-14-33-24(17-31-26(33)22-7-6-8-23(28)16-22)19-32(15-13-20(2)3)18-21-9-11-25(12-10-21)34-27(29)30/h6-12,16-17,20,27H,4-5,13-15,18-19H2,1-3H3. The van der Waals surface area contributed by atoms with Crippen LogP contribution in [0, 0.1) is 11.7 Å². The number of hydrogen-bond donors (Lipinski definition) is 0. The highest BCUT2D eigenvalue weighted by Gasteiger charge is 2.16. The fourth-order valence-corrected chi connectivity index (χ4v) is 3.88. The molecule has 0 radical (unpaired) electrons. The third-order valence-electron chi connectivity index (χ3n) is 5.72. The number of hydrogen-bond acceptors (Lipinski definition) is 3. The Kier molecular flexibility index (Phi) is 9.57. The lowest BCUT2D eigenvalue weighted by atomic mass is 10.1. The van der Waals surface area contributed by atoms with E-state index < -0.39 is 6.61 Å². The van der Waals surface area contributed by atoms with Gasteiger partial charge < -0.3 is 9.30 Å². The van der Waals surface area contributed by atoms with Crippen LogP contribution in [-0.2, 0) is 19.6 Å². The molecule has 0 unspecified atom stereocenters. The van der Waals surface area contributed by atoms with E-state index >= 15 is 0 Å². The molecular weight excluding hydrogens is 439 g/mol. The lowest BCUT2D eigenvalue weighted by Gasteiger charge is -2.24. The Hall–Kier alpha value is -2.80. The number of alkyl halides is 2. The molecule has 0 amide bonds. The average molecular weight is 474 g/mol. The quantitative estimate of drug-likeness (QED) is 0.264. The largest absolute Gasteiger partial charge is 0.435 e. The highest BCUT2D eigenvalue weighted by atomic mass is 19.3. The van der Waals surface area contributed by atoms with Crippen LogP contribution >= 0.6 is 0 Å². The lowest BCUT2D eigenvalue weighted by Crippen LogP contribution is -2.26. The molecule has 34 heavy (non-hydrogen) atoms. The summed E-state index contributed by atoms with van der Waals surface area (Å²) >= 11 is 0. The average Bonchev–Trinajstić information content (AvgIpc) is 3.19. The second kappa shape index (κ2) is 12.6. The van der Waals surface area contributed by atoms with Gasteiger partial charge in [0, 0.05) is 25.2 Å². The van der Waals surface area contributed by atoms with Gasteiger partial charge in [0.2, 0.25) is 0 Å². The van der Waals surface area contributed by atoms with Crippen LogP contribution in [0.3, 0.4) is 0 Å². The van der Waals surface area contributed by atoms with E-state index in [0.717, 1.165) is 55.0 Å². The molecule has 1 aromatic heterocycles. The molecular formula is C27H34F3N3O. The van der Waals surface area contributed by atoms with E-state index in [0.29, 0.717) is 19.0 Å². The maximum absolute atomic E-state index is 13.9. The lowest BCUT2D eigenvalue weighted by molar-refractivity contribution is -0.0498. The Labute approximate surface area is 200 Å². The van der Waals surface area contributed by atoms with E-state index in [1.807, 2.05) is 24.4 Å². The number of imidazole rings is 1. The minimum Gasteiger partial charge on any atom is -0.435 e. The predicted molar refractivity (Wildman–Crippen MR) is 129 cm³/mol. The van der Waals surface area contributed by atoms with E-state index in [2.05, 4.69) is 40.0 Å². The second-order valence-corrected chi connectivity index (χ2v) is 9.00. The molecule has 1 heterocycles. The van der Waals surface area contributed by atoms with E-state index in [9.17, 15) is 13.2 Å². The Morgan fingerprint density at radius 3 is 2.47 bits per heavy atom. The maximum Gasteiger partial charge on any atom is 0.387 e. The first-order chi connectivity index (χ1) is 16.4. The van der Waals surface area contributed by atoms with Gasteiger partial charge in [-0.3, -0.25) is 4.90 Å². The molecule has 3 aromatic rings. The van der Waals surface area contributed by atoms with Gasteiger partial charge in [0.25, 0.3) is 0 Å². The number of ether oxygens (including phenoxy) is 1. The maximum atomic E-state index is 13.9. The van der Waals surface area contributed by atoms with E-state index in [1.165, 1.54) is 12.1 Å². The number of aromatic nitrogens is 2. The van der Waals surface area contributed by atoms with Gasteiger partial charge in [-0.05, 0) is 55.1 Å². The number of unbranched alkanes of at least 4 members (excludes halogenated alkanes) is 1.